The number of benzene rings is 2. The minimum Gasteiger partial charge on any atom is -0.490 e. The Hall–Kier alpha value is -5.00. The van der Waals surface area contributed by atoms with Gasteiger partial charge in [0.05, 0.1) is 0 Å². The Bertz CT molecular complexity index is 1250. The van der Waals surface area contributed by atoms with Gasteiger partial charge in [0, 0.05) is 24.2 Å². The van der Waals surface area contributed by atoms with Gasteiger partial charge in [0.25, 0.3) is 0 Å². The van der Waals surface area contributed by atoms with Crippen molar-refractivity contribution in [2.24, 2.45) is 11.8 Å². The lowest BCUT2D eigenvalue weighted by molar-refractivity contribution is -0.143. The molecule has 12 nitrogen and oxygen atoms in total. The van der Waals surface area contributed by atoms with Gasteiger partial charge in [0.1, 0.15) is 37.9 Å². The number of nitrogens with one attached hydrogen (secondary N) is 2. The van der Waals surface area contributed by atoms with Gasteiger partial charge in [0.15, 0.2) is 12.2 Å². The van der Waals surface area contributed by atoms with Crippen molar-refractivity contribution < 1.29 is 47.6 Å². The summed E-state index contributed by atoms with van der Waals surface area (Å²) >= 11 is 0. The molecule has 0 radical (unpaired) electrons. The van der Waals surface area contributed by atoms with Crippen LogP contribution in [0.25, 0.3) is 0 Å². The molecule has 0 saturated heterocycles. The molecular formula is C36H46N2O10. The minimum absolute atomic E-state index is 0.0102. The van der Waals surface area contributed by atoms with E-state index in [0.29, 0.717) is 24.6 Å². The fourth-order valence-electron chi connectivity index (χ4n) is 4.84. The molecule has 2 aromatic carbocycles. The molecule has 0 aliphatic heterocycles. The zero-order valence-corrected chi connectivity index (χ0v) is 27.7. The van der Waals surface area contributed by atoms with Gasteiger partial charge in [-0.25, -0.2) is 19.2 Å². The lowest BCUT2D eigenvalue weighted by Crippen LogP contribution is -2.40. The number of esters is 2. The highest BCUT2D eigenvalue weighted by atomic mass is 16.6. The Kier molecular flexibility index (Phi) is 15.8. The standard InChI is InChI=1S/C36H46N2O10/c1-25(2)33(39)45-23-31(21-43-29-14-7-5-8-15-29)47-35(41)37-19-27-12-11-13-28(18-27)20-38-36(42)48-32(24-46-34(40)26(3)4)22-44-30-16-9-6-10-17-30/h5-10,14-17,27-28,31-32H,1,3,11-13,18-24H2,2,4H3,(H,37,41)(H,38,42). The van der Waals surface area contributed by atoms with Crippen LogP contribution in [0.15, 0.2) is 85.0 Å². The second-order valence-corrected chi connectivity index (χ2v) is 11.7. The molecule has 48 heavy (non-hydrogen) atoms. The molecule has 2 aromatic rings. The summed E-state index contributed by atoms with van der Waals surface area (Å²) in [6.07, 6.45) is 0.538. The number of alkyl carbamates (subject to hydrolysis) is 2. The van der Waals surface area contributed by atoms with Gasteiger partial charge in [-0.1, -0.05) is 56.0 Å². The average Bonchev–Trinajstić information content (AvgIpc) is 3.09. The number of hydrogen-bond acceptors (Lipinski definition) is 10. The molecule has 260 valence electrons. The predicted octanol–water partition coefficient (Wildman–Crippen LogP) is 5.38. The van der Waals surface area contributed by atoms with Crippen molar-refractivity contribution in [2.45, 2.75) is 51.7 Å². The molecule has 2 N–H and O–H groups in total. The van der Waals surface area contributed by atoms with Crippen LogP contribution in [-0.2, 0) is 28.5 Å². The molecular weight excluding hydrogens is 620 g/mol. The number of hydrogen-bond donors (Lipinski definition) is 2. The number of amides is 2. The van der Waals surface area contributed by atoms with E-state index in [0.717, 1.165) is 25.7 Å². The normalized spacial score (nSPS) is 16.6. The lowest BCUT2D eigenvalue weighted by Gasteiger charge is -2.29. The Morgan fingerprint density at radius 2 is 1.06 bits per heavy atom. The molecule has 1 aliphatic carbocycles. The smallest absolute Gasteiger partial charge is 0.407 e. The summed E-state index contributed by atoms with van der Waals surface area (Å²) in [4.78, 5) is 49.2. The topological polar surface area (TPSA) is 148 Å². The van der Waals surface area contributed by atoms with E-state index in [1.54, 1.807) is 24.3 Å². The van der Waals surface area contributed by atoms with Gasteiger partial charge >= 0.3 is 24.1 Å². The number of carbonyl (C=O) groups excluding carboxylic acids is 4. The first-order chi connectivity index (χ1) is 23.1. The monoisotopic (exact) mass is 666 g/mol. The number of carbonyl (C=O) groups is 4. The second-order valence-electron chi connectivity index (χ2n) is 11.7. The number of ether oxygens (including phenoxy) is 6. The first-order valence-corrected chi connectivity index (χ1v) is 16.0. The molecule has 12 heteroatoms. The molecule has 0 aromatic heterocycles. The van der Waals surface area contributed by atoms with Crippen LogP contribution in [0.3, 0.4) is 0 Å². The predicted molar refractivity (Wildman–Crippen MR) is 177 cm³/mol. The molecule has 3 rings (SSSR count). The molecule has 1 fully saturated rings. The summed E-state index contributed by atoms with van der Waals surface area (Å²) in [7, 11) is 0. The van der Waals surface area contributed by atoms with Crippen LogP contribution < -0.4 is 20.1 Å². The van der Waals surface area contributed by atoms with Gasteiger partial charge in [0.2, 0.25) is 0 Å². The Labute approximate surface area is 281 Å². The maximum Gasteiger partial charge on any atom is 0.407 e. The summed E-state index contributed by atoms with van der Waals surface area (Å²) in [5.74, 6) is 0.343. The van der Waals surface area contributed by atoms with Crippen LogP contribution in [0.5, 0.6) is 11.5 Å². The van der Waals surface area contributed by atoms with Crippen LogP contribution >= 0.6 is 0 Å². The summed E-state index contributed by atoms with van der Waals surface area (Å²) in [5, 5.41) is 5.63. The quantitative estimate of drug-likeness (QED) is 0.121. The summed E-state index contributed by atoms with van der Waals surface area (Å²) in [6.45, 7) is 10.6. The first kappa shape index (κ1) is 37.5. The van der Waals surface area contributed by atoms with E-state index in [4.69, 9.17) is 28.4 Å². The molecule has 1 aliphatic rings. The van der Waals surface area contributed by atoms with Crippen LogP contribution in [0.1, 0.15) is 39.5 Å². The van der Waals surface area contributed by atoms with E-state index < -0.39 is 36.3 Å². The highest BCUT2D eigenvalue weighted by molar-refractivity contribution is 5.87. The fraction of sp³-hybridized carbons (Fsp3) is 0.444. The van der Waals surface area contributed by atoms with Crippen molar-refractivity contribution in [3.8, 4) is 11.5 Å². The van der Waals surface area contributed by atoms with E-state index in [-0.39, 0.29) is 49.4 Å². The molecule has 1 saturated carbocycles. The van der Waals surface area contributed by atoms with E-state index in [2.05, 4.69) is 23.8 Å². The zero-order chi connectivity index (χ0) is 34.7. The largest absolute Gasteiger partial charge is 0.490 e. The van der Waals surface area contributed by atoms with E-state index in [9.17, 15) is 19.2 Å². The average molecular weight is 667 g/mol. The summed E-state index contributed by atoms with van der Waals surface area (Å²) in [5.41, 5.74) is 0.468. The van der Waals surface area contributed by atoms with E-state index in [1.165, 1.54) is 13.8 Å². The van der Waals surface area contributed by atoms with Crippen molar-refractivity contribution in [3.05, 3.63) is 85.0 Å². The highest BCUT2D eigenvalue weighted by Gasteiger charge is 2.25. The van der Waals surface area contributed by atoms with Gasteiger partial charge < -0.3 is 39.1 Å². The number of para-hydroxylation sites is 2. The number of rotatable bonds is 18. The van der Waals surface area contributed by atoms with Crippen LogP contribution in [0, 0.1) is 11.8 Å². The van der Waals surface area contributed by atoms with Gasteiger partial charge in [-0.2, -0.15) is 0 Å². The second kappa shape index (κ2) is 20.3. The molecule has 0 heterocycles. The van der Waals surface area contributed by atoms with Crippen LogP contribution in [0.2, 0.25) is 0 Å². The van der Waals surface area contributed by atoms with Crippen molar-refractivity contribution in [3.63, 3.8) is 0 Å². The molecule has 0 bridgehead atoms. The van der Waals surface area contributed by atoms with Gasteiger partial charge in [-0.3, -0.25) is 0 Å². The molecule has 4 unspecified atom stereocenters. The van der Waals surface area contributed by atoms with Gasteiger partial charge in [-0.15, -0.1) is 0 Å². The fourth-order valence-corrected chi connectivity index (χ4v) is 4.84. The Morgan fingerprint density at radius 3 is 1.44 bits per heavy atom. The third-order valence-corrected chi connectivity index (χ3v) is 7.36. The zero-order valence-electron chi connectivity index (χ0n) is 27.7. The maximum absolute atomic E-state index is 12.7. The van der Waals surface area contributed by atoms with Crippen LogP contribution in [-0.4, -0.2) is 75.9 Å². The molecule has 4 atom stereocenters. The first-order valence-electron chi connectivity index (χ1n) is 16.0. The Balaban J connectivity index is 1.43. The lowest BCUT2D eigenvalue weighted by atomic mass is 9.81. The third-order valence-electron chi connectivity index (χ3n) is 7.36. The molecule has 0 spiro atoms. The van der Waals surface area contributed by atoms with E-state index >= 15 is 0 Å². The van der Waals surface area contributed by atoms with Crippen molar-refractivity contribution in [2.75, 3.05) is 39.5 Å². The van der Waals surface area contributed by atoms with Crippen molar-refractivity contribution >= 4 is 24.1 Å². The van der Waals surface area contributed by atoms with Gasteiger partial charge in [-0.05, 0) is 69.2 Å². The Morgan fingerprint density at radius 1 is 0.667 bits per heavy atom. The van der Waals surface area contributed by atoms with Crippen molar-refractivity contribution in [1.29, 1.82) is 0 Å². The minimum atomic E-state index is -0.839. The highest BCUT2D eigenvalue weighted by Crippen LogP contribution is 2.28. The van der Waals surface area contributed by atoms with Crippen LogP contribution in [0.4, 0.5) is 9.59 Å². The van der Waals surface area contributed by atoms with Crippen molar-refractivity contribution in [1.82, 2.24) is 10.6 Å². The summed E-state index contributed by atoms with van der Waals surface area (Å²) in [6, 6.07) is 18.1. The van der Waals surface area contributed by atoms with E-state index in [1.807, 2.05) is 36.4 Å². The third kappa shape index (κ3) is 14.6. The SMILES string of the molecule is C=C(C)C(=O)OCC(COc1ccccc1)OC(=O)NCC1CCCC(CNC(=O)OC(COC(=O)C(=C)C)COc2ccccc2)C1. The summed E-state index contributed by atoms with van der Waals surface area (Å²) < 4.78 is 32.9. The molecule has 2 amide bonds. The maximum atomic E-state index is 12.7.